The molecule has 2 unspecified atom stereocenters. The highest BCUT2D eigenvalue weighted by atomic mass is 16.2. The molecular weight excluding hydrogens is 280 g/mol. The van der Waals surface area contributed by atoms with Crippen molar-refractivity contribution in [2.75, 3.05) is 13.1 Å². The molecule has 2 rings (SSSR count). The van der Waals surface area contributed by atoms with Gasteiger partial charge in [0.05, 0.1) is 0 Å². The second-order valence-corrected chi connectivity index (χ2v) is 5.62. The number of fused-ring (bicyclic) bond motifs is 1. The molecule has 1 heterocycles. The molecule has 0 aromatic heterocycles. The molecule has 2 atom stereocenters. The number of hydrogen-bond acceptors (Lipinski definition) is 3. The van der Waals surface area contributed by atoms with Crippen LogP contribution in [0.4, 0.5) is 4.79 Å². The largest absolute Gasteiger partial charge is 0.333 e. The zero-order valence-corrected chi connectivity index (χ0v) is 13.6. The van der Waals surface area contributed by atoms with Crippen molar-refractivity contribution >= 4 is 17.8 Å². The third-order valence-corrected chi connectivity index (χ3v) is 4.22. The first-order chi connectivity index (χ1) is 9.50. The second kappa shape index (κ2) is 8.71. The Morgan fingerprint density at radius 2 is 1.27 bits per heavy atom. The van der Waals surface area contributed by atoms with Gasteiger partial charge in [-0.05, 0) is 37.5 Å². The number of allylic oxidation sites excluding steroid dienone is 2. The summed E-state index contributed by atoms with van der Waals surface area (Å²) in [6, 6.07) is -0.466. The summed E-state index contributed by atoms with van der Waals surface area (Å²) in [7, 11) is 0. The maximum Gasteiger partial charge on any atom is 0.333 e. The van der Waals surface area contributed by atoms with Crippen LogP contribution in [0.5, 0.6) is 0 Å². The Labute approximate surface area is 134 Å². The molecule has 1 aliphatic carbocycles. The molecule has 22 heavy (non-hydrogen) atoms. The van der Waals surface area contributed by atoms with Crippen LogP contribution >= 0.6 is 0 Å². The van der Waals surface area contributed by atoms with Gasteiger partial charge in [-0.1, -0.05) is 27.0 Å². The molecule has 1 aliphatic heterocycles. The molecule has 5 heteroatoms. The maximum atomic E-state index is 12.3. The van der Waals surface area contributed by atoms with Crippen LogP contribution in [0.15, 0.2) is 12.2 Å². The van der Waals surface area contributed by atoms with E-state index in [1.165, 1.54) is 23.6 Å². The van der Waals surface area contributed by atoms with E-state index in [4.69, 9.17) is 0 Å². The van der Waals surface area contributed by atoms with Crippen molar-refractivity contribution in [3.8, 4) is 0 Å². The monoisotopic (exact) mass is 306 g/mol. The van der Waals surface area contributed by atoms with Crippen LogP contribution in [0.3, 0.4) is 0 Å². The van der Waals surface area contributed by atoms with Crippen LogP contribution in [0, 0.1) is 26.7 Å². The lowest BCUT2D eigenvalue weighted by Gasteiger charge is -2.29. The van der Waals surface area contributed by atoms with Crippen LogP contribution in [-0.2, 0) is 9.59 Å². The highest BCUT2D eigenvalue weighted by Crippen LogP contribution is 2.33. The number of carbonyl (C=O) groups excluding carboxylic acids is 3. The van der Waals surface area contributed by atoms with Gasteiger partial charge in [0.15, 0.2) is 0 Å². The quantitative estimate of drug-likeness (QED) is 0.647. The van der Waals surface area contributed by atoms with Crippen molar-refractivity contribution in [1.82, 2.24) is 9.80 Å². The van der Waals surface area contributed by atoms with E-state index in [1.807, 2.05) is 0 Å². The maximum absolute atomic E-state index is 12.3. The van der Waals surface area contributed by atoms with Crippen molar-refractivity contribution in [3.63, 3.8) is 0 Å². The lowest BCUT2D eigenvalue weighted by molar-refractivity contribution is -0.129. The van der Waals surface area contributed by atoms with Crippen molar-refractivity contribution in [1.29, 1.82) is 0 Å². The van der Waals surface area contributed by atoms with E-state index in [9.17, 15) is 14.4 Å². The summed E-state index contributed by atoms with van der Waals surface area (Å²) in [5, 5.41) is 0. The summed E-state index contributed by atoms with van der Waals surface area (Å²) in [5.41, 5.74) is 0. The van der Waals surface area contributed by atoms with Crippen molar-refractivity contribution in [2.24, 2.45) is 11.8 Å². The molecule has 2 aliphatic rings. The van der Waals surface area contributed by atoms with Crippen LogP contribution in [0.1, 0.15) is 39.5 Å². The molecule has 0 bridgehead atoms. The van der Waals surface area contributed by atoms with Crippen LogP contribution in [-0.4, -0.2) is 40.7 Å². The molecular formula is C17H26N2O3. The molecule has 1 fully saturated rings. The smallest absolute Gasteiger partial charge is 0.275 e. The Morgan fingerprint density at radius 3 is 1.55 bits per heavy atom. The lowest BCUT2D eigenvalue weighted by Crippen LogP contribution is -2.48. The van der Waals surface area contributed by atoms with E-state index in [0.717, 1.165) is 25.7 Å². The number of imide groups is 2. The van der Waals surface area contributed by atoms with E-state index >= 15 is 0 Å². The Bertz CT molecular complexity index is 407. The highest BCUT2D eigenvalue weighted by molar-refractivity contribution is 6.00. The van der Waals surface area contributed by atoms with Gasteiger partial charge >= 0.3 is 6.03 Å². The fourth-order valence-electron chi connectivity index (χ4n) is 2.94. The second-order valence-electron chi connectivity index (χ2n) is 5.62. The van der Waals surface area contributed by atoms with Gasteiger partial charge in [0.1, 0.15) is 0 Å². The van der Waals surface area contributed by atoms with Crippen LogP contribution in [0.25, 0.3) is 0 Å². The van der Waals surface area contributed by atoms with Gasteiger partial charge in [-0.25, -0.2) is 4.79 Å². The number of carbonyl (C=O) groups is 3. The molecule has 0 aromatic carbocycles. The molecule has 0 N–H and O–H groups in total. The first kappa shape index (κ1) is 20.3. The normalized spacial score (nSPS) is 24.9. The van der Waals surface area contributed by atoms with E-state index in [0.29, 0.717) is 24.9 Å². The predicted octanol–water partition coefficient (Wildman–Crippen LogP) is 2.83. The number of amides is 4. The van der Waals surface area contributed by atoms with Gasteiger partial charge in [-0.2, -0.15) is 0 Å². The summed E-state index contributed by atoms with van der Waals surface area (Å²) >= 11 is 0. The third kappa shape index (κ3) is 4.42. The lowest BCUT2D eigenvalue weighted by atomic mass is 9.77. The molecule has 122 valence electrons. The minimum Gasteiger partial charge on any atom is -0.275 e. The van der Waals surface area contributed by atoms with Gasteiger partial charge in [0, 0.05) is 26.9 Å². The Hall–Kier alpha value is -1.65. The van der Waals surface area contributed by atoms with Crippen molar-refractivity contribution in [2.45, 2.75) is 39.5 Å². The first-order valence-electron chi connectivity index (χ1n) is 7.29. The summed E-state index contributed by atoms with van der Waals surface area (Å²) in [5.74, 6) is 0.563. The predicted molar refractivity (Wildman–Crippen MR) is 85.5 cm³/mol. The molecule has 5 nitrogen and oxygen atoms in total. The number of urea groups is 1. The topological polar surface area (TPSA) is 57.7 Å². The van der Waals surface area contributed by atoms with Gasteiger partial charge in [-0.3, -0.25) is 19.4 Å². The number of hydrogen-bond donors (Lipinski definition) is 0. The minimum atomic E-state index is -0.466. The Balaban J connectivity index is 0.00000220. The Kier molecular flexibility index (Phi) is 8.06. The molecule has 0 spiro atoms. The van der Waals surface area contributed by atoms with Crippen LogP contribution < -0.4 is 0 Å². The summed E-state index contributed by atoms with van der Waals surface area (Å²) < 4.78 is 0. The SMILES string of the molecule is CC(=O)N1CCCC2C=CC2CCCN(C(C)=O)C1=O.[CH2].[CH2]. The van der Waals surface area contributed by atoms with E-state index in [-0.39, 0.29) is 26.7 Å². The fraction of sp³-hybridized carbons (Fsp3) is 0.588. The van der Waals surface area contributed by atoms with Gasteiger partial charge in [-0.15, -0.1) is 0 Å². The fourth-order valence-corrected chi connectivity index (χ4v) is 2.94. The van der Waals surface area contributed by atoms with E-state index in [1.54, 1.807) is 0 Å². The van der Waals surface area contributed by atoms with E-state index < -0.39 is 6.03 Å². The third-order valence-electron chi connectivity index (χ3n) is 4.22. The average molecular weight is 306 g/mol. The number of nitrogens with zero attached hydrogens (tertiary/aromatic N) is 2. The van der Waals surface area contributed by atoms with Gasteiger partial charge < -0.3 is 0 Å². The van der Waals surface area contributed by atoms with Crippen LogP contribution in [0.2, 0.25) is 0 Å². The minimum absolute atomic E-state index is 0. The standard InChI is InChI=1S/C15H22N2O3.2CH2/c1-11(18)16-9-3-5-13-7-8-14(13)6-4-10-17(12(2)19)15(16)20;;/h7-8,13-14H,3-6,9-10H2,1-2H3;2*1H2. The summed E-state index contributed by atoms with van der Waals surface area (Å²) in [6.45, 7) is 3.55. The zero-order valence-electron chi connectivity index (χ0n) is 13.6. The average Bonchev–Trinajstić information content (AvgIpc) is 2.36. The summed E-state index contributed by atoms with van der Waals surface area (Å²) in [4.78, 5) is 38.0. The van der Waals surface area contributed by atoms with Gasteiger partial charge in [0.2, 0.25) is 11.8 Å². The number of rotatable bonds is 0. The molecule has 4 radical (unpaired) electrons. The van der Waals surface area contributed by atoms with Crippen molar-refractivity contribution in [3.05, 3.63) is 27.0 Å². The zero-order chi connectivity index (χ0) is 14.7. The molecule has 0 aromatic rings. The first-order valence-corrected chi connectivity index (χ1v) is 7.29. The molecule has 4 amide bonds. The Morgan fingerprint density at radius 1 is 0.909 bits per heavy atom. The molecule has 1 saturated heterocycles. The molecule has 0 saturated carbocycles. The summed E-state index contributed by atoms with van der Waals surface area (Å²) in [6.07, 6.45) is 8.01. The van der Waals surface area contributed by atoms with Crippen molar-refractivity contribution < 1.29 is 14.4 Å². The van der Waals surface area contributed by atoms with Gasteiger partial charge in [0.25, 0.3) is 0 Å². The van der Waals surface area contributed by atoms with E-state index in [2.05, 4.69) is 12.2 Å². The highest BCUT2D eigenvalue weighted by Gasteiger charge is 2.30.